The number of carbonyl (C=O) groups is 1. The van der Waals surface area contributed by atoms with E-state index in [4.69, 9.17) is 10.5 Å². The number of nitrogens with two attached hydrogens (primary N) is 1. The molecule has 1 aromatic rings. The molecule has 5 heteroatoms. The SMILES string of the molecule is COCCCNC(=O)Nc1cccc(CN)c1. The number of nitrogens with one attached hydrogen (secondary N) is 2. The van der Waals surface area contributed by atoms with Crippen molar-refractivity contribution in [3.05, 3.63) is 29.8 Å². The summed E-state index contributed by atoms with van der Waals surface area (Å²) < 4.78 is 4.89. The first-order chi connectivity index (χ1) is 8.26. The maximum Gasteiger partial charge on any atom is 0.319 e. The standard InChI is InChI=1S/C12H19N3O2/c1-17-7-3-6-14-12(16)15-11-5-2-4-10(8-11)9-13/h2,4-5,8H,3,6-7,9,13H2,1H3,(H2,14,15,16). The van der Waals surface area contributed by atoms with E-state index in [1.165, 1.54) is 0 Å². The smallest absolute Gasteiger partial charge is 0.319 e. The largest absolute Gasteiger partial charge is 0.385 e. The third-order valence-electron chi connectivity index (χ3n) is 2.23. The molecule has 0 aliphatic carbocycles. The number of rotatable bonds is 6. The molecule has 4 N–H and O–H groups in total. The van der Waals surface area contributed by atoms with Gasteiger partial charge in [-0.2, -0.15) is 0 Å². The summed E-state index contributed by atoms with van der Waals surface area (Å²) in [5.74, 6) is 0. The molecular weight excluding hydrogens is 218 g/mol. The minimum absolute atomic E-state index is 0.213. The van der Waals surface area contributed by atoms with Gasteiger partial charge in [0, 0.05) is 32.5 Å². The van der Waals surface area contributed by atoms with E-state index in [2.05, 4.69) is 10.6 Å². The highest BCUT2D eigenvalue weighted by Crippen LogP contribution is 2.09. The van der Waals surface area contributed by atoms with Crippen LogP contribution < -0.4 is 16.4 Å². The molecule has 0 spiro atoms. The number of carbonyl (C=O) groups excluding carboxylic acids is 1. The maximum atomic E-state index is 11.5. The lowest BCUT2D eigenvalue weighted by Crippen LogP contribution is -2.30. The molecule has 0 saturated heterocycles. The zero-order chi connectivity index (χ0) is 12.5. The van der Waals surface area contributed by atoms with Crippen molar-refractivity contribution < 1.29 is 9.53 Å². The zero-order valence-corrected chi connectivity index (χ0v) is 10.0. The fraction of sp³-hybridized carbons (Fsp3) is 0.417. The third-order valence-corrected chi connectivity index (χ3v) is 2.23. The molecular formula is C12H19N3O2. The fourth-order valence-electron chi connectivity index (χ4n) is 1.37. The molecule has 1 rings (SSSR count). The van der Waals surface area contributed by atoms with Crippen molar-refractivity contribution in [1.82, 2.24) is 5.32 Å². The summed E-state index contributed by atoms with van der Waals surface area (Å²) in [7, 11) is 1.64. The highest BCUT2D eigenvalue weighted by Gasteiger charge is 2.00. The summed E-state index contributed by atoms with van der Waals surface area (Å²) in [5.41, 5.74) is 7.26. The van der Waals surface area contributed by atoms with E-state index in [1.54, 1.807) is 7.11 Å². The quantitative estimate of drug-likeness (QED) is 0.653. The number of hydrogen-bond donors (Lipinski definition) is 3. The van der Waals surface area contributed by atoms with E-state index in [-0.39, 0.29) is 6.03 Å². The Morgan fingerprint density at radius 2 is 2.29 bits per heavy atom. The lowest BCUT2D eigenvalue weighted by Gasteiger charge is -2.08. The van der Waals surface area contributed by atoms with E-state index in [9.17, 15) is 4.79 Å². The monoisotopic (exact) mass is 237 g/mol. The predicted octanol–water partition coefficient (Wildman–Crippen LogP) is 1.30. The Balaban J connectivity index is 2.34. The number of urea groups is 1. The Bertz CT molecular complexity index is 355. The maximum absolute atomic E-state index is 11.5. The molecule has 0 fully saturated rings. The molecule has 0 atom stereocenters. The van der Waals surface area contributed by atoms with E-state index in [0.717, 1.165) is 17.7 Å². The lowest BCUT2D eigenvalue weighted by atomic mass is 10.2. The van der Waals surface area contributed by atoms with Crippen LogP contribution in [0.25, 0.3) is 0 Å². The number of anilines is 1. The Morgan fingerprint density at radius 3 is 3.00 bits per heavy atom. The minimum atomic E-state index is -0.213. The number of ether oxygens (including phenoxy) is 1. The van der Waals surface area contributed by atoms with Crippen molar-refractivity contribution in [3.8, 4) is 0 Å². The van der Waals surface area contributed by atoms with Crippen LogP contribution in [0.1, 0.15) is 12.0 Å². The van der Waals surface area contributed by atoms with Crippen LogP contribution in [0.2, 0.25) is 0 Å². The molecule has 0 bridgehead atoms. The molecule has 0 aliphatic heterocycles. The van der Waals surface area contributed by atoms with Gasteiger partial charge in [0.1, 0.15) is 0 Å². The van der Waals surface area contributed by atoms with Crippen molar-refractivity contribution in [3.63, 3.8) is 0 Å². The molecule has 2 amide bonds. The van der Waals surface area contributed by atoms with E-state index >= 15 is 0 Å². The first kappa shape index (κ1) is 13.5. The van der Waals surface area contributed by atoms with Gasteiger partial charge in [0.05, 0.1) is 0 Å². The summed E-state index contributed by atoms with van der Waals surface area (Å²) >= 11 is 0. The lowest BCUT2D eigenvalue weighted by molar-refractivity contribution is 0.194. The van der Waals surface area contributed by atoms with Gasteiger partial charge in [0.2, 0.25) is 0 Å². The Labute approximate surface area is 101 Å². The van der Waals surface area contributed by atoms with Crippen LogP contribution in [0.3, 0.4) is 0 Å². The van der Waals surface area contributed by atoms with Crippen LogP contribution in [0.4, 0.5) is 10.5 Å². The number of methoxy groups -OCH3 is 1. The van der Waals surface area contributed by atoms with Crippen LogP contribution in [-0.2, 0) is 11.3 Å². The molecule has 0 saturated carbocycles. The van der Waals surface area contributed by atoms with Gasteiger partial charge in [-0.15, -0.1) is 0 Å². The first-order valence-electron chi connectivity index (χ1n) is 5.59. The normalized spacial score (nSPS) is 10.0. The second-order valence-electron chi connectivity index (χ2n) is 3.63. The summed E-state index contributed by atoms with van der Waals surface area (Å²) in [6, 6.07) is 7.25. The van der Waals surface area contributed by atoms with E-state index in [0.29, 0.717) is 19.7 Å². The van der Waals surface area contributed by atoms with Gasteiger partial charge < -0.3 is 21.1 Å². The third kappa shape index (κ3) is 5.33. The van der Waals surface area contributed by atoms with E-state index in [1.807, 2.05) is 24.3 Å². The van der Waals surface area contributed by atoms with Crippen LogP contribution in [-0.4, -0.2) is 26.3 Å². The van der Waals surface area contributed by atoms with Crippen molar-refractivity contribution in [2.45, 2.75) is 13.0 Å². The van der Waals surface area contributed by atoms with Crippen molar-refractivity contribution in [2.75, 3.05) is 25.6 Å². The Morgan fingerprint density at radius 1 is 1.47 bits per heavy atom. The summed E-state index contributed by atoms with van der Waals surface area (Å²) in [4.78, 5) is 11.5. The van der Waals surface area contributed by atoms with Crippen molar-refractivity contribution in [1.29, 1.82) is 0 Å². The van der Waals surface area contributed by atoms with Crippen LogP contribution in [0.5, 0.6) is 0 Å². The molecule has 1 aromatic carbocycles. The molecule has 0 aromatic heterocycles. The van der Waals surface area contributed by atoms with Gasteiger partial charge in [-0.3, -0.25) is 0 Å². The molecule has 17 heavy (non-hydrogen) atoms. The van der Waals surface area contributed by atoms with Crippen molar-refractivity contribution >= 4 is 11.7 Å². The minimum Gasteiger partial charge on any atom is -0.385 e. The number of benzene rings is 1. The Hall–Kier alpha value is -1.59. The second kappa shape index (κ2) is 7.65. The molecule has 5 nitrogen and oxygen atoms in total. The second-order valence-corrected chi connectivity index (χ2v) is 3.63. The van der Waals surface area contributed by atoms with Gasteiger partial charge in [-0.1, -0.05) is 12.1 Å². The van der Waals surface area contributed by atoms with Crippen LogP contribution >= 0.6 is 0 Å². The molecule has 0 heterocycles. The number of amides is 2. The predicted molar refractivity (Wildman–Crippen MR) is 67.8 cm³/mol. The van der Waals surface area contributed by atoms with Crippen LogP contribution in [0.15, 0.2) is 24.3 Å². The van der Waals surface area contributed by atoms with Crippen LogP contribution in [0, 0.1) is 0 Å². The molecule has 94 valence electrons. The highest BCUT2D eigenvalue weighted by molar-refractivity contribution is 5.89. The molecule has 0 aliphatic rings. The average molecular weight is 237 g/mol. The van der Waals surface area contributed by atoms with Gasteiger partial charge in [-0.05, 0) is 24.1 Å². The first-order valence-corrected chi connectivity index (χ1v) is 5.59. The van der Waals surface area contributed by atoms with Gasteiger partial charge in [0.15, 0.2) is 0 Å². The van der Waals surface area contributed by atoms with E-state index < -0.39 is 0 Å². The number of hydrogen-bond acceptors (Lipinski definition) is 3. The zero-order valence-electron chi connectivity index (χ0n) is 10.0. The summed E-state index contributed by atoms with van der Waals surface area (Å²) in [6.45, 7) is 1.70. The molecule has 0 radical (unpaired) electrons. The average Bonchev–Trinajstić information content (AvgIpc) is 2.35. The van der Waals surface area contributed by atoms with Gasteiger partial charge >= 0.3 is 6.03 Å². The summed E-state index contributed by atoms with van der Waals surface area (Å²) in [6.07, 6.45) is 0.798. The molecule has 0 unspecified atom stereocenters. The van der Waals surface area contributed by atoms with Gasteiger partial charge in [0.25, 0.3) is 0 Å². The summed E-state index contributed by atoms with van der Waals surface area (Å²) in [5, 5.41) is 5.49. The van der Waals surface area contributed by atoms with Crippen molar-refractivity contribution in [2.24, 2.45) is 5.73 Å². The van der Waals surface area contributed by atoms with Gasteiger partial charge in [-0.25, -0.2) is 4.79 Å². The highest BCUT2D eigenvalue weighted by atomic mass is 16.5. The fourth-order valence-corrected chi connectivity index (χ4v) is 1.37. The topological polar surface area (TPSA) is 76.4 Å². The Kier molecular flexibility index (Phi) is 6.06.